The van der Waals surface area contributed by atoms with Gasteiger partial charge in [-0.25, -0.2) is 0 Å². The second kappa shape index (κ2) is 13.4. The lowest BCUT2D eigenvalue weighted by Crippen LogP contribution is -2.39. The van der Waals surface area contributed by atoms with Crippen molar-refractivity contribution >= 4 is 0 Å². The highest BCUT2D eigenvalue weighted by Crippen LogP contribution is 2.15. The number of aryl methyl sites for hydroxylation is 2. The van der Waals surface area contributed by atoms with Crippen molar-refractivity contribution in [2.45, 2.75) is 103 Å². The Kier molecular flexibility index (Phi) is 11.9. The average Bonchev–Trinajstić information content (AvgIpc) is 2.62. The normalized spacial score (nSPS) is 13.8. The Labute approximate surface area is 156 Å². The van der Waals surface area contributed by atoms with Gasteiger partial charge < -0.3 is 10.8 Å². The van der Waals surface area contributed by atoms with Gasteiger partial charge in [-0.15, -0.1) is 0 Å². The highest BCUT2D eigenvalue weighted by molar-refractivity contribution is 5.22. The van der Waals surface area contributed by atoms with Crippen LogP contribution >= 0.6 is 0 Å². The second-order valence-electron chi connectivity index (χ2n) is 8.06. The summed E-state index contributed by atoms with van der Waals surface area (Å²) in [7, 11) is 0. The molecular weight excluding hydrogens is 306 g/mol. The molecule has 0 aliphatic carbocycles. The van der Waals surface area contributed by atoms with Crippen molar-refractivity contribution < 1.29 is 5.11 Å². The van der Waals surface area contributed by atoms with Crippen LogP contribution in [0.25, 0.3) is 0 Å². The first-order valence-electron chi connectivity index (χ1n) is 10.5. The Morgan fingerprint density at radius 1 is 0.760 bits per heavy atom. The van der Waals surface area contributed by atoms with Crippen molar-refractivity contribution in [2.75, 3.05) is 6.61 Å². The minimum absolute atomic E-state index is 0.0699. The number of hydrogen-bond acceptors (Lipinski definition) is 2. The molecule has 2 heteroatoms. The largest absolute Gasteiger partial charge is 0.394 e. The van der Waals surface area contributed by atoms with Gasteiger partial charge in [0.15, 0.2) is 0 Å². The summed E-state index contributed by atoms with van der Waals surface area (Å²) in [5, 5.41) is 9.17. The molecule has 0 radical (unpaired) electrons. The SMILES string of the molecule is CCCCCCCCCCc1ccc(CCCCC(C)(N)CO)cc1. The van der Waals surface area contributed by atoms with Crippen molar-refractivity contribution in [3.05, 3.63) is 35.4 Å². The van der Waals surface area contributed by atoms with Gasteiger partial charge in [-0.2, -0.15) is 0 Å². The van der Waals surface area contributed by atoms with E-state index in [1.54, 1.807) is 0 Å². The van der Waals surface area contributed by atoms with Crippen LogP contribution in [0, 0.1) is 0 Å². The Morgan fingerprint density at radius 3 is 1.68 bits per heavy atom. The first-order valence-corrected chi connectivity index (χ1v) is 10.5. The summed E-state index contributed by atoms with van der Waals surface area (Å²) in [6.45, 7) is 4.27. The molecule has 0 saturated heterocycles. The lowest BCUT2D eigenvalue weighted by molar-refractivity contribution is 0.197. The van der Waals surface area contributed by atoms with E-state index >= 15 is 0 Å². The highest BCUT2D eigenvalue weighted by atomic mass is 16.3. The van der Waals surface area contributed by atoms with E-state index in [1.165, 1.54) is 68.9 Å². The van der Waals surface area contributed by atoms with E-state index in [-0.39, 0.29) is 6.61 Å². The van der Waals surface area contributed by atoms with Gasteiger partial charge in [0.1, 0.15) is 0 Å². The molecule has 3 N–H and O–H groups in total. The van der Waals surface area contributed by atoms with Crippen LogP contribution in [-0.2, 0) is 12.8 Å². The van der Waals surface area contributed by atoms with E-state index in [4.69, 9.17) is 10.8 Å². The maximum atomic E-state index is 9.17. The quantitative estimate of drug-likeness (QED) is 0.394. The molecule has 0 heterocycles. The van der Waals surface area contributed by atoms with E-state index in [0.717, 1.165) is 25.7 Å². The third-order valence-electron chi connectivity index (χ3n) is 5.17. The van der Waals surface area contributed by atoms with Gasteiger partial charge in [0.2, 0.25) is 0 Å². The topological polar surface area (TPSA) is 46.2 Å². The standard InChI is InChI=1S/C23H41NO/c1-3-4-5-6-7-8-9-10-13-21-15-17-22(18-16-21)14-11-12-19-23(2,24)20-25/h15-18,25H,3-14,19-20,24H2,1-2H3. The van der Waals surface area contributed by atoms with Gasteiger partial charge in [0.05, 0.1) is 6.61 Å². The number of aliphatic hydroxyl groups excluding tert-OH is 1. The zero-order chi connectivity index (χ0) is 18.4. The van der Waals surface area contributed by atoms with Gasteiger partial charge in [-0.3, -0.25) is 0 Å². The third kappa shape index (κ3) is 11.4. The lowest BCUT2D eigenvalue weighted by atomic mass is 9.95. The maximum Gasteiger partial charge on any atom is 0.0608 e. The molecule has 0 aliphatic rings. The fraction of sp³-hybridized carbons (Fsp3) is 0.739. The summed E-state index contributed by atoms with van der Waals surface area (Å²) in [6, 6.07) is 9.18. The molecule has 1 unspecified atom stereocenters. The fourth-order valence-corrected chi connectivity index (χ4v) is 3.27. The smallest absolute Gasteiger partial charge is 0.0608 e. The van der Waals surface area contributed by atoms with Crippen LogP contribution in [-0.4, -0.2) is 17.3 Å². The van der Waals surface area contributed by atoms with Crippen LogP contribution in [0.1, 0.15) is 95.6 Å². The van der Waals surface area contributed by atoms with Crippen molar-refractivity contribution in [3.63, 3.8) is 0 Å². The van der Waals surface area contributed by atoms with E-state index in [1.807, 2.05) is 6.92 Å². The monoisotopic (exact) mass is 347 g/mol. The molecule has 0 saturated carbocycles. The van der Waals surface area contributed by atoms with E-state index < -0.39 is 5.54 Å². The van der Waals surface area contributed by atoms with Crippen LogP contribution in [0.2, 0.25) is 0 Å². The molecule has 144 valence electrons. The summed E-state index contributed by atoms with van der Waals surface area (Å²) in [4.78, 5) is 0. The van der Waals surface area contributed by atoms with Gasteiger partial charge in [-0.1, -0.05) is 82.6 Å². The van der Waals surface area contributed by atoms with Gasteiger partial charge in [-0.05, 0) is 50.2 Å². The number of benzene rings is 1. The van der Waals surface area contributed by atoms with Crippen molar-refractivity contribution in [3.8, 4) is 0 Å². The summed E-state index contributed by atoms with van der Waals surface area (Å²) in [6.07, 6.45) is 16.5. The summed E-state index contributed by atoms with van der Waals surface area (Å²) < 4.78 is 0. The Balaban J connectivity index is 2.09. The number of hydrogen-bond donors (Lipinski definition) is 2. The summed E-state index contributed by atoms with van der Waals surface area (Å²) >= 11 is 0. The minimum atomic E-state index is -0.417. The van der Waals surface area contributed by atoms with E-state index in [0.29, 0.717) is 0 Å². The van der Waals surface area contributed by atoms with Crippen LogP contribution < -0.4 is 5.73 Å². The molecule has 0 amide bonds. The Bertz CT molecular complexity index is 424. The summed E-state index contributed by atoms with van der Waals surface area (Å²) in [5.41, 5.74) is 8.44. The van der Waals surface area contributed by atoms with Crippen LogP contribution in [0.4, 0.5) is 0 Å². The van der Waals surface area contributed by atoms with Crippen LogP contribution in [0.5, 0.6) is 0 Å². The molecule has 1 rings (SSSR count). The molecule has 0 bridgehead atoms. The molecule has 0 fully saturated rings. The fourth-order valence-electron chi connectivity index (χ4n) is 3.27. The molecule has 1 aromatic rings. The van der Waals surface area contributed by atoms with Crippen LogP contribution in [0.3, 0.4) is 0 Å². The number of nitrogens with two attached hydrogens (primary N) is 1. The molecule has 0 spiro atoms. The molecule has 2 nitrogen and oxygen atoms in total. The predicted octanol–water partition coefficient (Wildman–Crippen LogP) is 5.79. The van der Waals surface area contributed by atoms with Crippen molar-refractivity contribution in [2.24, 2.45) is 5.73 Å². The molecular formula is C23H41NO. The van der Waals surface area contributed by atoms with Crippen molar-refractivity contribution in [1.82, 2.24) is 0 Å². The number of aliphatic hydroxyl groups is 1. The summed E-state index contributed by atoms with van der Waals surface area (Å²) in [5.74, 6) is 0. The molecule has 0 aromatic heterocycles. The molecule has 1 aromatic carbocycles. The first kappa shape index (κ1) is 22.2. The Morgan fingerprint density at radius 2 is 1.20 bits per heavy atom. The third-order valence-corrected chi connectivity index (χ3v) is 5.17. The lowest BCUT2D eigenvalue weighted by Gasteiger charge is -2.21. The van der Waals surface area contributed by atoms with E-state index in [9.17, 15) is 0 Å². The molecule has 25 heavy (non-hydrogen) atoms. The highest BCUT2D eigenvalue weighted by Gasteiger charge is 2.15. The van der Waals surface area contributed by atoms with Gasteiger partial charge in [0, 0.05) is 5.54 Å². The zero-order valence-electron chi connectivity index (χ0n) is 16.7. The molecule has 1 atom stereocenters. The van der Waals surface area contributed by atoms with Gasteiger partial charge >= 0.3 is 0 Å². The first-order chi connectivity index (χ1) is 12.1. The van der Waals surface area contributed by atoms with Crippen LogP contribution in [0.15, 0.2) is 24.3 Å². The zero-order valence-corrected chi connectivity index (χ0v) is 16.7. The number of rotatable bonds is 15. The second-order valence-corrected chi connectivity index (χ2v) is 8.06. The van der Waals surface area contributed by atoms with E-state index in [2.05, 4.69) is 31.2 Å². The average molecular weight is 348 g/mol. The Hall–Kier alpha value is -0.860. The number of unbranched alkanes of at least 4 members (excludes halogenated alkanes) is 8. The predicted molar refractivity (Wildman–Crippen MR) is 110 cm³/mol. The maximum absolute atomic E-state index is 9.17. The van der Waals surface area contributed by atoms with Crippen molar-refractivity contribution in [1.29, 1.82) is 0 Å². The molecule has 0 aliphatic heterocycles. The van der Waals surface area contributed by atoms with Gasteiger partial charge in [0.25, 0.3) is 0 Å². The minimum Gasteiger partial charge on any atom is -0.394 e.